The molecule has 1 fully saturated rings. The Hall–Kier alpha value is -2.71. The number of rotatable bonds is 6. The summed E-state index contributed by atoms with van der Waals surface area (Å²) in [5.74, 6) is 0.532. The first-order valence-electron chi connectivity index (χ1n) is 9.47. The van der Waals surface area contributed by atoms with Crippen LogP contribution in [-0.4, -0.2) is 44.8 Å². The van der Waals surface area contributed by atoms with Crippen LogP contribution in [0.4, 0.5) is 4.79 Å². The number of amides is 1. The standard InChI is InChI=1S/C21H24N2O5S/c1-16(24)18-7-9-20(10-8-18)29(26,27)22-15-17-11-13-23(14-12-17)21(25)28-19-5-3-2-4-6-19/h2-10,17,22H,11-15H2,1H3. The number of piperidine rings is 1. The van der Waals surface area contributed by atoms with Gasteiger partial charge in [0.15, 0.2) is 5.78 Å². The average molecular weight is 416 g/mol. The van der Waals surface area contributed by atoms with E-state index in [1.54, 1.807) is 29.2 Å². The van der Waals surface area contributed by atoms with E-state index in [4.69, 9.17) is 4.74 Å². The van der Waals surface area contributed by atoms with Gasteiger partial charge in [0.25, 0.3) is 0 Å². The molecule has 0 radical (unpaired) electrons. The van der Waals surface area contributed by atoms with E-state index >= 15 is 0 Å². The van der Waals surface area contributed by atoms with Gasteiger partial charge in [-0.2, -0.15) is 0 Å². The molecule has 1 heterocycles. The summed E-state index contributed by atoms with van der Waals surface area (Å²) in [6.45, 7) is 2.78. The summed E-state index contributed by atoms with van der Waals surface area (Å²) in [4.78, 5) is 25.3. The molecule has 0 saturated carbocycles. The maximum atomic E-state index is 12.5. The molecule has 0 unspecified atom stereocenters. The first kappa shape index (κ1) is 21.0. The quantitative estimate of drug-likeness (QED) is 0.731. The fraction of sp³-hybridized carbons (Fsp3) is 0.333. The van der Waals surface area contributed by atoms with Gasteiger partial charge in [-0.3, -0.25) is 4.79 Å². The summed E-state index contributed by atoms with van der Waals surface area (Å²) in [5.41, 5.74) is 0.471. The predicted octanol–water partition coefficient (Wildman–Crippen LogP) is 3.08. The molecule has 29 heavy (non-hydrogen) atoms. The van der Waals surface area contributed by atoms with Gasteiger partial charge >= 0.3 is 6.09 Å². The predicted molar refractivity (Wildman–Crippen MR) is 108 cm³/mol. The van der Waals surface area contributed by atoms with Crippen molar-refractivity contribution in [1.82, 2.24) is 9.62 Å². The number of carbonyl (C=O) groups is 2. The lowest BCUT2D eigenvalue weighted by molar-refractivity contribution is 0.101. The maximum absolute atomic E-state index is 12.5. The summed E-state index contributed by atoms with van der Waals surface area (Å²) >= 11 is 0. The number of sulfonamides is 1. The minimum absolute atomic E-state index is 0.112. The molecule has 3 rings (SSSR count). The number of likely N-dealkylation sites (tertiary alicyclic amines) is 1. The minimum atomic E-state index is -3.64. The highest BCUT2D eigenvalue weighted by Gasteiger charge is 2.25. The van der Waals surface area contributed by atoms with Crippen molar-refractivity contribution in [3.05, 3.63) is 60.2 Å². The largest absolute Gasteiger partial charge is 0.415 e. The van der Waals surface area contributed by atoms with Gasteiger partial charge in [-0.05, 0) is 49.9 Å². The SMILES string of the molecule is CC(=O)c1ccc(S(=O)(=O)NCC2CCN(C(=O)Oc3ccccc3)CC2)cc1. The van der Waals surface area contributed by atoms with Gasteiger partial charge in [-0.15, -0.1) is 0 Å². The van der Waals surface area contributed by atoms with Crippen molar-refractivity contribution in [2.45, 2.75) is 24.7 Å². The zero-order chi connectivity index (χ0) is 20.9. The van der Waals surface area contributed by atoms with Crippen LogP contribution in [0.1, 0.15) is 30.1 Å². The van der Waals surface area contributed by atoms with Gasteiger partial charge in [-0.1, -0.05) is 30.3 Å². The number of nitrogens with one attached hydrogen (secondary N) is 1. The number of hydrogen-bond donors (Lipinski definition) is 1. The number of nitrogens with zero attached hydrogens (tertiary/aromatic N) is 1. The Labute approximate surface area is 170 Å². The molecule has 0 atom stereocenters. The summed E-state index contributed by atoms with van der Waals surface area (Å²) in [7, 11) is -3.64. The van der Waals surface area contributed by atoms with E-state index in [1.807, 2.05) is 6.07 Å². The van der Waals surface area contributed by atoms with Crippen LogP contribution in [0.15, 0.2) is 59.5 Å². The van der Waals surface area contributed by atoms with Gasteiger partial charge < -0.3 is 9.64 Å². The monoisotopic (exact) mass is 416 g/mol. The number of para-hydroxylation sites is 1. The van der Waals surface area contributed by atoms with E-state index in [-0.39, 0.29) is 22.7 Å². The molecule has 1 N–H and O–H groups in total. The molecule has 8 heteroatoms. The van der Waals surface area contributed by atoms with Crippen LogP contribution in [0, 0.1) is 5.92 Å². The Morgan fingerprint density at radius 3 is 2.24 bits per heavy atom. The summed E-state index contributed by atoms with van der Waals surface area (Å²) < 4.78 is 32.9. The van der Waals surface area contributed by atoms with Crippen molar-refractivity contribution in [2.75, 3.05) is 19.6 Å². The van der Waals surface area contributed by atoms with E-state index < -0.39 is 10.0 Å². The van der Waals surface area contributed by atoms with Gasteiger partial charge in [0.05, 0.1) is 4.90 Å². The van der Waals surface area contributed by atoms with Crippen LogP contribution in [0.2, 0.25) is 0 Å². The summed E-state index contributed by atoms with van der Waals surface area (Å²) in [6, 6.07) is 14.8. The third-order valence-electron chi connectivity index (χ3n) is 4.95. The molecular weight excluding hydrogens is 392 g/mol. The Bertz CT molecular complexity index is 950. The normalized spacial score (nSPS) is 15.1. The summed E-state index contributed by atoms with van der Waals surface area (Å²) in [6.07, 6.45) is 0.992. The highest BCUT2D eigenvalue weighted by molar-refractivity contribution is 7.89. The van der Waals surface area contributed by atoms with Gasteiger partial charge in [0.2, 0.25) is 10.0 Å². The molecule has 1 aliphatic heterocycles. The minimum Gasteiger partial charge on any atom is -0.410 e. The van der Waals surface area contributed by atoms with Crippen molar-refractivity contribution in [3.63, 3.8) is 0 Å². The Balaban J connectivity index is 1.48. The van der Waals surface area contributed by atoms with Gasteiger partial charge in [0.1, 0.15) is 5.75 Å². The number of ketones is 1. The van der Waals surface area contributed by atoms with E-state index in [0.29, 0.717) is 43.8 Å². The molecule has 0 aromatic heterocycles. The topological polar surface area (TPSA) is 92.8 Å². The molecular formula is C21H24N2O5S. The molecule has 0 bridgehead atoms. The molecule has 154 valence electrons. The van der Waals surface area contributed by atoms with Crippen molar-refractivity contribution >= 4 is 21.9 Å². The van der Waals surface area contributed by atoms with Crippen LogP contribution >= 0.6 is 0 Å². The molecule has 1 aliphatic rings. The van der Waals surface area contributed by atoms with E-state index in [0.717, 1.165) is 0 Å². The van der Waals surface area contributed by atoms with E-state index in [1.165, 1.54) is 31.2 Å². The molecule has 7 nitrogen and oxygen atoms in total. The molecule has 2 aromatic rings. The molecule has 0 aliphatic carbocycles. The number of Topliss-reactive ketones (excluding diaryl/α,β-unsaturated/α-hetero) is 1. The maximum Gasteiger partial charge on any atom is 0.415 e. The van der Waals surface area contributed by atoms with Crippen LogP contribution in [0.5, 0.6) is 5.75 Å². The Kier molecular flexibility index (Phi) is 6.66. The number of carbonyl (C=O) groups excluding carboxylic acids is 2. The molecule has 2 aromatic carbocycles. The second-order valence-corrected chi connectivity index (χ2v) is 8.81. The second-order valence-electron chi connectivity index (χ2n) is 7.04. The van der Waals surface area contributed by atoms with Crippen LogP contribution < -0.4 is 9.46 Å². The Morgan fingerprint density at radius 2 is 1.66 bits per heavy atom. The van der Waals surface area contributed by atoms with Crippen LogP contribution in [0.25, 0.3) is 0 Å². The van der Waals surface area contributed by atoms with Crippen molar-refractivity contribution in [3.8, 4) is 5.75 Å². The molecule has 1 saturated heterocycles. The lowest BCUT2D eigenvalue weighted by Crippen LogP contribution is -2.42. The third-order valence-corrected chi connectivity index (χ3v) is 6.39. The highest BCUT2D eigenvalue weighted by Crippen LogP contribution is 2.19. The van der Waals surface area contributed by atoms with Crippen molar-refractivity contribution < 1.29 is 22.7 Å². The lowest BCUT2D eigenvalue weighted by Gasteiger charge is -2.31. The Morgan fingerprint density at radius 1 is 1.03 bits per heavy atom. The van der Waals surface area contributed by atoms with Crippen LogP contribution in [-0.2, 0) is 10.0 Å². The van der Waals surface area contributed by atoms with Gasteiger partial charge in [-0.25, -0.2) is 17.9 Å². The summed E-state index contributed by atoms with van der Waals surface area (Å²) in [5, 5.41) is 0. The third kappa shape index (κ3) is 5.65. The van der Waals surface area contributed by atoms with Crippen molar-refractivity contribution in [2.24, 2.45) is 5.92 Å². The fourth-order valence-electron chi connectivity index (χ4n) is 3.15. The lowest BCUT2D eigenvalue weighted by atomic mass is 9.97. The zero-order valence-electron chi connectivity index (χ0n) is 16.2. The molecule has 0 spiro atoms. The van der Waals surface area contributed by atoms with Crippen molar-refractivity contribution in [1.29, 1.82) is 0 Å². The average Bonchev–Trinajstić information content (AvgIpc) is 2.73. The molecule has 1 amide bonds. The highest BCUT2D eigenvalue weighted by atomic mass is 32.2. The van der Waals surface area contributed by atoms with E-state index in [9.17, 15) is 18.0 Å². The number of ether oxygens (including phenoxy) is 1. The second kappa shape index (κ2) is 9.19. The van der Waals surface area contributed by atoms with Gasteiger partial charge in [0, 0.05) is 25.2 Å². The van der Waals surface area contributed by atoms with E-state index in [2.05, 4.69) is 4.72 Å². The first-order chi connectivity index (χ1) is 13.8. The first-order valence-corrected chi connectivity index (χ1v) is 11.0. The van der Waals surface area contributed by atoms with Crippen LogP contribution in [0.3, 0.4) is 0 Å². The smallest absolute Gasteiger partial charge is 0.410 e. The zero-order valence-corrected chi connectivity index (χ0v) is 17.0. The number of benzene rings is 2. The fourth-order valence-corrected chi connectivity index (χ4v) is 4.27. The number of hydrogen-bond acceptors (Lipinski definition) is 5.